The van der Waals surface area contributed by atoms with E-state index in [1.807, 2.05) is 45.0 Å². The van der Waals surface area contributed by atoms with Crippen LogP contribution in [0, 0.1) is 18.3 Å². The van der Waals surface area contributed by atoms with Gasteiger partial charge < -0.3 is 15.0 Å². The average molecular weight is 509 g/mol. The quantitative estimate of drug-likeness (QED) is 0.310. The first-order chi connectivity index (χ1) is 18.5. The van der Waals surface area contributed by atoms with E-state index in [0.717, 1.165) is 30.0 Å². The minimum atomic E-state index is -0.239. The molecule has 0 spiro atoms. The summed E-state index contributed by atoms with van der Waals surface area (Å²) in [6.45, 7) is 9.14. The summed E-state index contributed by atoms with van der Waals surface area (Å²) in [6.07, 6.45) is 1.55. The summed E-state index contributed by atoms with van der Waals surface area (Å²) >= 11 is 0. The average Bonchev–Trinajstić information content (AvgIpc) is 2.96. The number of ether oxygens (including phenoxy) is 1. The molecule has 196 valence electrons. The molecular formula is C32H36N4O2. The molecule has 6 heteroatoms. The Morgan fingerprint density at radius 1 is 1.00 bits per heavy atom. The van der Waals surface area contributed by atoms with Crippen LogP contribution in [0.4, 0.5) is 0 Å². The van der Waals surface area contributed by atoms with Crippen molar-refractivity contribution in [2.24, 2.45) is 0 Å². The van der Waals surface area contributed by atoms with Crippen LogP contribution in [0.2, 0.25) is 0 Å². The van der Waals surface area contributed by atoms with Crippen molar-refractivity contribution in [2.75, 3.05) is 32.8 Å². The van der Waals surface area contributed by atoms with Crippen LogP contribution >= 0.6 is 0 Å². The second kappa shape index (κ2) is 12.9. The Morgan fingerprint density at radius 2 is 1.61 bits per heavy atom. The molecule has 0 bridgehead atoms. The third-order valence-corrected chi connectivity index (χ3v) is 6.96. The number of benzene rings is 3. The second-order valence-corrected chi connectivity index (χ2v) is 9.58. The van der Waals surface area contributed by atoms with E-state index in [0.29, 0.717) is 19.7 Å². The molecule has 38 heavy (non-hydrogen) atoms. The van der Waals surface area contributed by atoms with E-state index in [-0.39, 0.29) is 23.6 Å². The van der Waals surface area contributed by atoms with Gasteiger partial charge >= 0.3 is 0 Å². The fourth-order valence-corrected chi connectivity index (χ4v) is 4.97. The molecule has 1 saturated heterocycles. The van der Waals surface area contributed by atoms with Crippen LogP contribution in [0.3, 0.4) is 0 Å². The van der Waals surface area contributed by atoms with Gasteiger partial charge in [-0.3, -0.25) is 9.69 Å². The van der Waals surface area contributed by atoms with E-state index in [1.54, 1.807) is 11.1 Å². The molecule has 1 amide bonds. The number of piperazine rings is 1. The van der Waals surface area contributed by atoms with Gasteiger partial charge in [0.2, 0.25) is 0 Å². The first kappa shape index (κ1) is 27.0. The molecule has 0 aliphatic carbocycles. The zero-order valence-corrected chi connectivity index (χ0v) is 22.4. The summed E-state index contributed by atoms with van der Waals surface area (Å²) in [4.78, 5) is 17.5. The van der Waals surface area contributed by atoms with Gasteiger partial charge in [-0.1, -0.05) is 78.4 Å². The lowest BCUT2D eigenvalue weighted by molar-refractivity contribution is -0.128. The van der Waals surface area contributed by atoms with Crippen LogP contribution in [0.25, 0.3) is 0 Å². The van der Waals surface area contributed by atoms with Crippen LogP contribution < -0.4 is 10.1 Å². The number of carbonyl (C=O) groups excluding carboxylic acids is 1. The number of carbonyl (C=O) groups is 1. The molecule has 1 atom stereocenters. The summed E-state index contributed by atoms with van der Waals surface area (Å²) in [5.74, 6) is 0.566. The number of nitriles is 1. The Labute approximate surface area is 226 Å². The first-order valence-corrected chi connectivity index (χ1v) is 13.2. The Kier molecular flexibility index (Phi) is 9.18. The van der Waals surface area contributed by atoms with Crippen LogP contribution in [0.15, 0.2) is 90.6 Å². The van der Waals surface area contributed by atoms with Crippen molar-refractivity contribution in [3.05, 3.63) is 113 Å². The van der Waals surface area contributed by atoms with Crippen molar-refractivity contribution in [2.45, 2.75) is 32.9 Å². The van der Waals surface area contributed by atoms with Gasteiger partial charge in [0.15, 0.2) is 0 Å². The number of hydrogen-bond acceptors (Lipinski definition) is 5. The molecule has 3 aromatic rings. The second-order valence-electron chi connectivity index (χ2n) is 9.58. The third-order valence-electron chi connectivity index (χ3n) is 6.96. The van der Waals surface area contributed by atoms with Gasteiger partial charge in [-0.2, -0.15) is 5.26 Å². The van der Waals surface area contributed by atoms with E-state index in [9.17, 15) is 10.1 Å². The maximum Gasteiger partial charge on any atom is 0.266 e. The molecule has 0 radical (unpaired) electrons. The van der Waals surface area contributed by atoms with E-state index in [2.05, 4.69) is 70.9 Å². The summed E-state index contributed by atoms with van der Waals surface area (Å²) in [5.41, 5.74) is 4.70. The fourth-order valence-electron chi connectivity index (χ4n) is 4.97. The predicted molar refractivity (Wildman–Crippen MR) is 150 cm³/mol. The molecule has 1 unspecified atom stereocenters. The van der Waals surface area contributed by atoms with Crippen LogP contribution in [-0.2, 0) is 4.79 Å². The van der Waals surface area contributed by atoms with Gasteiger partial charge in [0, 0.05) is 37.9 Å². The van der Waals surface area contributed by atoms with Crippen molar-refractivity contribution in [1.82, 2.24) is 15.1 Å². The lowest BCUT2D eigenvalue weighted by Gasteiger charge is -2.39. The summed E-state index contributed by atoms with van der Waals surface area (Å²) in [5, 5.41) is 13.0. The molecule has 1 aliphatic rings. The number of hydrogen-bond donors (Lipinski definition) is 1. The highest BCUT2D eigenvalue weighted by Crippen LogP contribution is 2.30. The molecule has 0 aromatic heterocycles. The number of aryl methyl sites for hydroxylation is 1. The smallest absolute Gasteiger partial charge is 0.266 e. The molecule has 0 saturated carbocycles. The van der Waals surface area contributed by atoms with E-state index in [1.165, 1.54) is 11.1 Å². The Hall–Kier alpha value is -4.08. The van der Waals surface area contributed by atoms with Crippen molar-refractivity contribution >= 4 is 5.91 Å². The number of nitrogens with zero attached hydrogens (tertiary/aromatic N) is 3. The molecule has 4 rings (SSSR count). The number of amides is 1. The van der Waals surface area contributed by atoms with Crippen molar-refractivity contribution in [1.29, 1.82) is 5.26 Å². The fraction of sp³-hybridized carbons (Fsp3) is 0.312. The summed E-state index contributed by atoms with van der Waals surface area (Å²) < 4.78 is 5.78. The van der Waals surface area contributed by atoms with Gasteiger partial charge in [-0.25, -0.2) is 0 Å². The van der Waals surface area contributed by atoms with E-state index < -0.39 is 0 Å². The zero-order valence-electron chi connectivity index (χ0n) is 22.4. The normalized spacial score (nSPS) is 15.1. The van der Waals surface area contributed by atoms with Crippen molar-refractivity contribution in [3.63, 3.8) is 0 Å². The van der Waals surface area contributed by atoms with E-state index >= 15 is 0 Å². The largest absolute Gasteiger partial charge is 0.494 e. The number of nitrogens with one attached hydrogen (secondary N) is 1. The maximum atomic E-state index is 13.3. The molecule has 3 aromatic carbocycles. The molecule has 1 aliphatic heterocycles. The van der Waals surface area contributed by atoms with Gasteiger partial charge in [0.1, 0.15) is 17.4 Å². The Balaban J connectivity index is 1.43. The Morgan fingerprint density at radius 3 is 2.16 bits per heavy atom. The minimum absolute atomic E-state index is 0.110. The van der Waals surface area contributed by atoms with Gasteiger partial charge in [-0.15, -0.1) is 0 Å². The molecule has 1 N–H and O–H groups in total. The highest BCUT2D eigenvalue weighted by molar-refractivity contribution is 5.97. The zero-order chi connectivity index (χ0) is 26.9. The third kappa shape index (κ3) is 6.42. The van der Waals surface area contributed by atoms with Crippen LogP contribution in [-0.4, -0.2) is 48.5 Å². The first-order valence-electron chi connectivity index (χ1n) is 13.2. The van der Waals surface area contributed by atoms with Gasteiger partial charge in [0.25, 0.3) is 5.91 Å². The maximum absolute atomic E-state index is 13.3. The lowest BCUT2D eigenvalue weighted by atomic mass is 9.96. The van der Waals surface area contributed by atoms with Crippen LogP contribution in [0.1, 0.15) is 48.2 Å². The SMILES string of the molecule is CCOc1ccc(C)cc1C(C)N/C=C(/C#N)C(=O)N1CCN(C(c2ccccc2)c2ccccc2)CC1. The molecule has 1 fully saturated rings. The van der Waals surface area contributed by atoms with Gasteiger partial charge in [-0.05, 0) is 38.0 Å². The lowest BCUT2D eigenvalue weighted by Crippen LogP contribution is -2.50. The monoisotopic (exact) mass is 508 g/mol. The Bertz CT molecular complexity index is 1240. The summed E-state index contributed by atoms with van der Waals surface area (Å²) in [6, 6.07) is 29.1. The van der Waals surface area contributed by atoms with E-state index in [4.69, 9.17) is 4.74 Å². The standard InChI is InChI=1S/C32H36N4O2/c1-4-38-30-16-15-24(2)21-29(30)25(3)34-23-28(22-33)32(37)36-19-17-35(18-20-36)31(26-11-7-5-8-12-26)27-13-9-6-10-14-27/h5-16,21,23,25,31,34H,4,17-20H2,1-3H3/b28-23-. The topological polar surface area (TPSA) is 68.6 Å². The molecule has 6 nitrogen and oxygen atoms in total. The predicted octanol–water partition coefficient (Wildman–Crippen LogP) is 5.39. The van der Waals surface area contributed by atoms with Crippen molar-refractivity contribution in [3.8, 4) is 11.8 Å². The summed E-state index contributed by atoms with van der Waals surface area (Å²) in [7, 11) is 0. The molecule has 1 heterocycles. The highest BCUT2D eigenvalue weighted by Gasteiger charge is 2.29. The highest BCUT2D eigenvalue weighted by atomic mass is 16.5. The van der Waals surface area contributed by atoms with Gasteiger partial charge in [0.05, 0.1) is 18.7 Å². The molecular weight excluding hydrogens is 472 g/mol. The van der Waals surface area contributed by atoms with Crippen LogP contribution in [0.5, 0.6) is 5.75 Å². The number of rotatable bonds is 9. The van der Waals surface area contributed by atoms with Crippen molar-refractivity contribution < 1.29 is 9.53 Å². The minimum Gasteiger partial charge on any atom is -0.494 e.